The van der Waals surface area contributed by atoms with E-state index in [1.54, 1.807) is 24.3 Å². The molecule has 0 radical (unpaired) electrons. The van der Waals surface area contributed by atoms with Crippen LogP contribution in [0.2, 0.25) is 0 Å². The Labute approximate surface area is 210 Å². The molecule has 190 valence electrons. The van der Waals surface area contributed by atoms with Crippen LogP contribution in [-0.2, 0) is 20.8 Å². The summed E-state index contributed by atoms with van der Waals surface area (Å²) in [6.07, 6.45) is 0.399. The predicted octanol–water partition coefficient (Wildman–Crippen LogP) is 1.91. The zero-order valence-electron chi connectivity index (χ0n) is 19.6. The molecule has 2 aromatic rings. The summed E-state index contributed by atoms with van der Waals surface area (Å²) < 4.78 is 5.19. The van der Waals surface area contributed by atoms with Crippen LogP contribution in [0.3, 0.4) is 0 Å². The van der Waals surface area contributed by atoms with E-state index in [0.29, 0.717) is 34.3 Å². The molecule has 0 saturated heterocycles. The van der Waals surface area contributed by atoms with Crippen molar-refractivity contribution in [3.8, 4) is 22.6 Å². The first-order valence-corrected chi connectivity index (χ1v) is 11.5. The highest BCUT2D eigenvalue weighted by atomic mass is 16.5. The topological polar surface area (TPSA) is 184 Å². The number of benzene rings is 2. The number of aldehydes is 1. The van der Waals surface area contributed by atoms with E-state index in [9.17, 15) is 39.6 Å². The molecule has 1 fully saturated rings. The second kappa shape index (κ2) is 8.31. The van der Waals surface area contributed by atoms with Crippen LogP contribution in [-0.4, -0.2) is 56.9 Å². The third-order valence-corrected chi connectivity index (χ3v) is 7.62. The molecule has 1 amide bonds. The highest BCUT2D eigenvalue weighted by Crippen LogP contribution is 2.53. The molecule has 37 heavy (non-hydrogen) atoms. The number of aromatic hydroxyl groups is 1. The van der Waals surface area contributed by atoms with Crippen molar-refractivity contribution < 1.29 is 44.3 Å². The zero-order valence-corrected chi connectivity index (χ0v) is 19.6. The van der Waals surface area contributed by atoms with Gasteiger partial charge >= 0.3 is 0 Å². The molecule has 3 aliphatic carbocycles. The van der Waals surface area contributed by atoms with Crippen LogP contribution < -0.4 is 10.5 Å². The number of rotatable bonds is 4. The number of Topliss-reactive ketones (excluding diaryl/α,β-unsaturated/α-hetero) is 2. The van der Waals surface area contributed by atoms with Gasteiger partial charge in [-0.05, 0) is 59.7 Å². The number of hydrogen-bond donors (Lipinski definition) is 5. The van der Waals surface area contributed by atoms with Gasteiger partial charge < -0.3 is 30.9 Å². The Morgan fingerprint density at radius 1 is 1.11 bits per heavy atom. The fraction of sp³-hybridized carbons (Fsp3) is 0.259. The summed E-state index contributed by atoms with van der Waals surface area (Å²) in [6, 6.07) is 7.80. The minimum atomic E-state index is -2.62. The number of phenols is 1. The lowest BCUT2D eigenvalue weighted by Crippen LogP contribution is -2.58. The third-order valence-electron chi connectivity index (χ3n) is 7.62. The average Bonchev–Trinajstić information content (AvgIpc) is 2.85. The van der Waals surface area contributed by atoms with E-state index >= 15 is 0 Å². The molecule has 0 spiro atoms. The van der Waals surface area contributed by atoms with Crippen molar-refractivity contribution in [2.75, 3.05) is 7.11 Å². The van der Waals surface area contributed by atoms with Gasteiger partial charge in [-0.15, -0.1) is 0 Å². The van der Waals surface area contributed by atoms with Gasteiger partial charge in [-0.2, -0.15) is 0 Å². The molecule has 2 aromatic carbocycles. The fourth-order valence-corrected chi connectivity index (χ4v) is 5.88. The molecule has 0 aliphatic heterocycles. The molecule has 1 saturated carbocycles. The molecule has 10 heteroatoms. The van der Waals surface area contributed by atoms with E-state index in [1.807, 2.05) is 0 Å². The maximum Gasteiger partial charge on any atom is 0.255 e. The van der Waals surface area contributed by atoms with Crippen LogP contribution in [0.4, 0.5) is 0 Å². The molecule has 5 rings (SSSR count). The summed E-state index contributed by atoms with van der Waals surface area (Å²) in [7, 11) is 1.47. The molecule has 0 bridgehead atoms. The Morgan fingerprint density at radius 2 is 1.81 bits per heavy atom. The largest absolute Gasteiger partial charge is 0.508 e. The average molecular weight is 505 g/mol. The Bertz CT molecular complexity index is 1480. The molecule has 0 aromatic heterocycles. The Morgan fingerprint density at radius 3 is 2.46 bits per heavy atom. The third kappa shape index (κ3) is 3.29. The number of carbonyl (C=O) groups excluding carboxylic acids is 4. The van der Waals surface area contributed by atoms with Crippen LogP contribution in [0.25, 0.3) is 16.9 Å². The lowest BCUT2D eigenvalue weighted by Gasteiger charge is -2.46. The van der Waals surface area contributed by atoms with Crippen molar-refractivity contribution in [2.24, 2.45) is 17.6 Å². The van der Waals surface area contributed by atoms with E-state index in [2.05, 4.69) is 0 Å². The summed E-state index contributed by atoms with van der Waals surface area (Å²) in [5.74, 6) is -6.45. The van der Waals surface area contributed by atoms with Crippen LogP contribution in [0.15, 0.2) is 47.2 Å². The SMILES string of the molecule is COc1ccc(-c2ccc(O)c3c2CC2CC4CC(=O)C(C(N)=O)=C(O)C4(O)C(=O)C2=C3O)c(C=O)c1. The van der Waals surface area contributed by atoms with Crippen molar-refractivity contribution in [3.05, 3.63) is 63.9 Å². The van der Waals surface area contributed by atoms with Crippen LogP contribution in [0.5, 0.6) is 11.5 Å². The number of ketones is 2. The minimum absolute atomic E-state index is 0.0150. The summed E-state index contributed by atoms with van der Waals surface area (Å²) in [5.41, 5.74) is 3.30. The number of fused-ring (bicyclic) bond motifs is 3. The maximum absolute atomic E-state index is 13.6. The lowest BCUT2D eigenvalue weighted by molar-refractivity contribution is -0.147. The first kappa shape index (κ1) is 24.3. The second-order valence-electron chi connectivity index (χ2n) is 9.46. The first-order valence-electron chi connectivity index (χ1n) is 11.5. The molecule has 3 aliphatic rings. The molecule has 3 unspecified atom stereocenters. The number of aliphatic hydroxyl groups excluding tert-OH is 2. The second-order valence-corrected chi connectivity index (χ2v) is 9.46. The van der Waals surface area contributed by atoms with Crippen LogP contribution >= 0.6 is 0 Å². The molecule has 10 nitrogen and oxygen atoms in total. The van der Waals surface area contributed by atoms with Crippen molar-refractivity contribution >= 4 is 29.5 Å². The maximum atomic E-state index is 13.6. The number of phenolic OH excluding ortho intramolecular Hbond substituents is 1. The molecular weight excluding hydrogens is 482 g/mol. The predicted molar refractivity (Wildman–Crippen MR) is 129 cm³/mol. The number of aliphatic hydroxyl groups is 3. The molecular formula is C27H23NO9. The summed E-state index contributed by atoms with van der Waals surface area (Å²) in [6.45, 7) is 0. The number of amides is 1. The first-order chi connectivity index (χ1) is 17.5. The molecule has 3 atom stereocenters. The minimum Gasteiger partial charge on any atom is -0.508 e. The van der Waals surface area contributed by atoms with Gasteiger partial charge in [0, 0.05) is 23.5 Å². The van der Waals surface area contributed by atoms with Crippen molar-refractivity contribution in [1.82, 2.24) is 0 Å². The van der Waals surface area contributed by atoms with Crippen LogP contribution in [0.1, 0.15) is 34.3 Å². The van der Waals surface area contributed by atoms with Gasteiger partial charge in [-0.3, -0.25) is 19.2 Å². The van der Waals surface area contributed by atoms with Gasteiger partial charge in [0.15, 0.2) is 17.7 Å². The van der Waals surface area contributed by atoms with Gasteiger partial charge in [0.2, 0.25) is 5.78 Å². The monoisotopic (exact) mass is 505 g/mol. The summed E-state index contributed by atoms with van der Waals surface area (Å²) >= 11 is 0. The standard InChI is InChI=1S/C27H23NO9/c1-37-14-2-3-15(12(7-14)10-29)16-4-5-18(30)21-17(16)8-11-6-13-9-19(31)22(26(28)35)25(34)27(13,36)24(33)20(11)23(21)32/h2-5,7,10-11,13,30,32,34,36H,6,8-9H2,1H3,(H2,28,35). The van der Waals surface area contributed by atoms with Gasteiger partial charge in [0.1, 0.15) is 28.6 Å². The van der Waals surface area contributed by atoms with Crippen LogP contribution in [0, 0.1) is 11.8 Å². The number of hydrogen-bond acceptors (Lipinski definition) is 9. The van der Waals surface area contributed by atoms with Gasteiger partial charge in [0.25, 0.3) is 5.91 Å². The van der Waals surface area contributed by atoms with Crippen molar-refractivity contribution in [3.63, 3.8) is 0 Å². The fourth-order valence-electron chi connectivity index (χ4n) is 5.88. The van der Waals surface area contributed by atoms with E-state index in [-0.39, 0.29) is 29.7 Å². The quantitative estimate of drug-likeness (QED) is 0.306. The molecule has 6 N–H and O–H groups in total. The Kier molecular flexibility index (Phi) is 5.45. The number of nitrogens with two attached hydrogens (primary N) is 1. The summed E-state index contributed by atoms with van der Waals surface area (Å²) in [4.78, 5) is 49.7. The van der Waals surface area contributed by atoms with Gasteiger partial charge in [-0.25, -0.2) is 0 Å². The van der Waals surface area contributed by atoms with E-state index in [0.717, 1.165) is 0 Å². The van der Waals surface area contributed by atoms with Crippen molar-refractivity contribution in [1.29, 1.82) is 0 Å². The van der Waals surface area contributed by atoms with E-state index in [4.69, 9.17) is 10.5 Å². The van der Waals surface area contributed by atoms with Crippen molar-refractivity contribution in [2.45, 2.75) is 24.9 Å². The Hall–Kier alpha value is -4.44. The Balaban J connectivity index is 1.71. The number of primary amides is 1. The zero-order chi connectivity index (χ0) is 26.8. The number of carbonyl (C=O) groups is 4. The smallest absolute Gasteiger partial charge is 0.255 e. The van der Waals surface area contributed by atoms with E-state index < -0.39 is 58.4 Å². The van der Waals surface area contributed by atoms with Gasteiger partial charge in [0.05, 0.1) is 12.7 Å². The highest BCUT2D eigenvalue weighted by molar-refractivity contribution is 6.22. The number of ether oxygens (including phenoxy) is 1. The lowest BCUT2D eigenvalue weighted by atomic mass is 9.59. The summed E-state index contributed by atoms with van der Waals surface area (Å²) in [5, 5.41) is 43.9. The number of methoxy groups -OCH3 is 1. The normalized spacial score (nSPS) is 24.8. The van der Waals surface area contributed by atoms with Gasteiger partial charge in [-0.1, -0.05) is 6.07 Å². The van der Waals surface area contributed by atoms with E-state index in [1.165, 1.54) is 13.2 Å². The highest BCUT2D eigenvalue weighted by Gasteiger charge is 2.60. The molecule has 0 heterocycles.